The van der Waals surface area contributed by atoms with Gasteiger partial charge in [0.1, 0.15) is 0 Å². The van der Waals surface area contributed by atoms with E-state index >= 15 is 0 Å². The molecule has 122 valence electrons. The molecule has 2 aromatic carbocycles. The van der Waals surface area contributed by atoms with Crippen LogP contribution in [0.3, 0.4) is 0 Å². The first-order valence-electron chi connectivity index (χ1n) is 7.50. The minimum absolute atomic E-state index is 0.103. The maximum atomic E-state index is 12.5. The van der Waals surface area contributed by atoms with Crippen molar-refractivity contribution < 1.29 is 18.8 Å². The molecule has 4 nitrogen and oxygen atoms in total. The molecule has 0 aliphatic heterocycles. The Hall–Kier alpha value is -1.90. The number of hydrogen-bond acceptors (Lipinski definition) is 3. The molecular weight excluding hydrogens is 311 g/mol. The fourth-order valence-electron chi connectivity index (χ4n) is 2.91. The highest BCUT2D eigenvalue weighted by atomic mass is 31.2. The van der Waals surface area contributed by atoms with Crippen molar-refractivity contribution in [3.05, 3.63) is 64.2 Å². The van der Waals surface area contributed by atoms with E-state index in [2.05, 4.69) is 0 Å². The van der Waals surface area contributed by atoms with Crippen molar-refractivity contribution in [1.29, 1.82) is 0 Å². The van der Waals surface area contributed by atoms with E-state index < -0.39 is 13.6 Å². The van der Waals surface area contributed by atoms with Crippen LogP contribution in [0.4, 0.5) is 0 Å². The van der Waals surface area contributed by atoms with Gasteiger partial charge in [0.25, 0.3) is 0 Å². The molecule has 0 bridgehead atoms. The topological polar surface area (TPSA) is 63.6 Å². The summed E-state index contributed by atoms with van der Waals surface area (Å²) in [5.74, 6) is -0.760. The lowest BCUT2D eigenvalue weighted by Crippen LogP contribution is -2.15. The Labute approximate surface area is 136 Å². The third-order valence-corrected chi connectivity index (χ3v) is 5.34. The van der Waals surface area contributed by atoms with Gasteiger partial charge in [0.15, 0.2) is 0 Å². The van der Waals surface area contributed by atoms with Crippen LogP contribution in [-0.2, 0) is 15.5 Å². The second-order valence-electron chi connectivity index (χ2n) is 5.58. The zero-order valence-corrected chi connectivity index (χ0v) is 14.7. The van der Waals surface area contributed by atoms with Gasteiger partial charge < -0.3 is 9.42 Å². The number of carbonyl (C=O) groups excluding carboxylic acids is 1. The van der Waals surface area contributed by atoms with E-state index in [0.29, 0.717) is 5.56 Å². The van der Waals surface area contributed by atoms with E-state index in [1.807, 2.05) is 26.8 Å². The largest absolute Gasteiger partial charge is 0.410 e. The zero-order chi connectivity index (χ0) is 17.2. The fourth-order valence-corrected chi connectivity index (χ4v) is 3.88. The highest BCUT2D eigenvalue weighted by molar-refractivity contribution is 7.61. The van der Waals surface area contributed by atoms with Crippen LogP contribution in [0.2, 0.25) is 0 Å². The van der Waals surface area contributed by atoms with E-state index in [9.17, 15) is 14.3 Å². The number of aryl methyl sites for hydroxylation is 2. The predicted octanol–water partition coefficient (Wildman–Crippen LogP) is 3.84. The second kappa shape index (κ2) is 6.69. The maximum Gasteiger partial charge on any atom is 0.410 e. The van der Waals surface area contributed by atoms with Crippen molar-refractivity contribution in [2.24, 2.45) is 0 Å². The standard InChI is InChI=1S/C18H21O4P/c1-5-16-12(2)11-13(3)17(14(16)4)18(19)22-23(20,21)15-9-7-6-8-10-15/h6-11H,5H2,1-4H3,(H,20,21). The van der Waals surface area contributed by atoms with Crippen molar-refractivity contribution in [2.45, 2.75) is 34.1 Å². The Morgan fingerprint density at radius 2 is 1.74 bits per heavy atom. The van der Waals surface area contributed by atoms with E-state index in [1.165, 1.54) is 12.1 Å². The molecule has 0 aliphatic rings. The van der Waals surface area contributed by atoms with Crippen LogP contribution in [-0.4, -0.2) is 10.9 Å². The molecule has 1 atom stereocenters. The molecule has 0 saturated carbocycles. The summed E-state index contributed by atoms with van der Waals surface area (Å²) in [6, 6.07) is 9.84. The summed E-state index contributed by atoms with van der Waals surface area (Å²) >= 11 is 0. The Kier molecular flexibility index (Phi) is 5.08. The van der Waals surface area contributed by atoms with Crippen LogP contribution in [0.1, 0.15) is 39.5 Å². The molecule has 1 unspecified atom stereocenters. The first-order chi connectivity index (χ1) is 10.8. The summed E-state index contributed by atoms with van der Waals surface area (Å²) in [6.45, 7) is 7.66. The van der Waals surface area contributed by atoms with Crippen molar-refractivity contribution in [2.75, 3.05) is 0 Å². The number of benzene rings is 2. The van der Waals surface area contributed by atoms with Crippen LogP contribution < -0.4 is 5.30 Å². The summed E-state index contributed by atoms with van der Waals surface area (Å²) in [7, 11) is -4.19. The highest BCUT2D eigenvalue weighted by Crippen LogP contribution is 2.42. The SMILES string of the molecule is CCc1c(C)cc(C)c(C(=O)OP(=O)(O)c2ccccc2)c1C. The monoisotopic (exact) mass is 332 g/mol. The number of carbonyl (C=O) groups is 1. The molecule has 0 radical (unpaired) electrons. The third kappa shape index (κ3) is 3.54. The summed E-state index contributed by atoms with van der Waals surface area (Å²) in [6.07, 6.45) is 0.785. The second-order valence-corrected chi connectivity index (χ2v) is 7.32. The Bertz CT molecular complexity index is 781. The average Bonchev–Trinajstić information content (AvgIpc) is 2.47. The molecule has 23 heavy (non-hydrogen) atoms. The maximum absolute atomic E-state index is 12.5. The molecule has 0 aromatic heterocycles. The number of hydrogen-bond donors (Lipinski definition) is 1. The third-order valence-electron chi connectivity index (χ3n) is 3.98. The van der Waals surface area contributed by atoms with Gasteiger partial charge in [-0.05, 0) is 61.6 Å². The van der Waals surface area contributed by atoms with Gasteiger partial charge in [-0.1, -0.05) is 31.2 Å². The minimum atomic E-state index is -4.19. The van der Waals surface area contributed by atoms with Gasteiger partial charge >= 0.3 is 13.6 Å². The van der Waals surface area contributed by atoms with Crippen LogP contribution in [0.15, 0.2) is 36.4 Å². The van der Waals surface area contributed by atoms with Crippen molar-refractivity contribution in [3.63, 3.8) is 0 Å². The number of rotatable bonds is 4. The molecule has 0 heterocycles. The van der Waals surface area contributed by atoms with Crippen molar-refractivity contribution >= 4 is 18.9 Å². The van der Waals surface area contributed by atoms with Gasteiger partial charge in [-0.15, -0.1) is 0 Å². The van der Waals surface area contributed by atoms with Crippen LogP contribution in [0.5, 0.6) is 0 Å². The minimum Gasteiger partial charge on any atom is -0.385 e. The first kappa shape index (κ1) is 17.5. The van der Waals surface area contributed by atoms with Gasteiger partial charge in [-0.2, -0.15) is 0 Å². The van der Waals surface area contributed by atoms with Crippen LogP contribution >= 0.6 is 7.60 Å². The zero-order valence-electron chi connectivity index (χ0n) is 13.8. The Balaban J connectivity index is 2.41. The normalized spacial score (nSPS) is 13.4. The lowest BCUT2D eigenvalue weighted by molar-refractivity contribution is 0.0721. The van der Waals surface area contributed by atoms with E-state index in [0.717, 1.165) is 28.7 Å². The van der Waals surface area contributed by atoms with Gasteiger partial charge in [-0.3, -0.25) is 0 Å². The van der Waals surface area contributed by atoms with Crippen molar-refractivity contribution in [3.8, 4) is 0 Å². The van der Waals surface area contributed by atoms with Crippen molar-refractivity contribution in [1.82, 2.24) is 0 Å². The molecule has 2 aromatic rings. The Morgan fingerprint density at radius 1 is 1.13 bits per heavy atom. The van der Waals surface area contributed by atoms with Crippen LogP contribution in [0, 0.1) is 20.8 Å². The summed E-state index contributed by atoms with van der Waals surface area (Å²) in [5, 5.41) is 0.103. The first-order valence-corrected chi connectivity index (χ1v) is 9.07. The van der Waals surface area contributed by atoms with E-state index in [1.54, 1.807) is 25.1 Å². The molecule has 0 aliphatic carbocycles. The average molecular weight is 332 g/mol. The smallest absolute Gasteiger partial charge is 0.385 e. The molecule has 0 amide bonds. The Morgan fingerprint density at radius 3 is 2.30 bits per heavy atom. The molecule has 0 spiro atoms. The molecule has 5 heteroatoms. The lowest BCUT2D eigenvalue weighted by atomic mass is 9.92. The van der Waals surface area contributed by atoms with E-state index in [4.69, 9.17) is 4.52 Å². The van der Waals surface area contributed by atoms with Gasteiger partial charge in [0.2, 0.25) is 0 Å². The quantitative estimate of drug-likeness (QED) is 0.864. The summed E-state index contributed by atoms with van der Waals surface area (Å²) < 4.78 is 17.3. The predicted molar refractivity (Wildman–Crippen MR) is 91.3 cm³/mol. The van der Waals surface area contributed by atoms with Crippen LogP contribution in [0.25, 0.3) is 0 Å². The molecule has 0 fully saturated rings. The fraction of sp³-hybridized carbons (Fsp3) is 0.278. The van der Waals surface area contributed by atoms with E-state index in [-0.39, 0.29) is 5.30 Å². The summed E-state index contributed by atoms with van der Waals surface area (Å²) in [4.78, 5) is 22.6. The van der Waals surface area contributed by atoms with Gasteiger partial charge in [0.05, 0.1) is 10.9 Å². The summed E-state index contributed by atoms with van der Waals surface area (Å²) in [5.41, 5.74) is 4.10. The molecule has 1 N–H and O–H groups in total. The molecule has 0 saturated heterocycles. The highest BCUT2D eigenvalue weighted by Gasteiger charge is 2.29. The molecule has 2 rings (SSSR count). The van der Waals surface area contributed by atoms with Gasteiger partial charge in [-0.25, -0.2) is 9.36 Å². The lowest BCUT2D eigenvalue weighted by Gasteiger charge is -2.17. The van der Waals surface area contributed by atoms with Gasteiger partial charge in [0, 0.05) is 0 Å². The molecular formula is C18H21O4P.